The summed E-state index contributed by atoms with van der Waals surface area (Å²) in [5, 5.41) is 16.5. The number of aromatic nitrogens is 2. The van der Waals surface area contributed by atoms with Gasteiger partial charge in [0.05, 0.1) is 5.60 Å². The van der Waals surface area contributed by atoms with Crippen molar-refractivity contribution in [1.29, 1.82) is 0 Å². The maximum absolute atomic E-state index is 10.1. The minimum Gasteiger partial charge on any atom is -0.388 e. The third-order valence-corrected chi connectivity index (χ3v) is 2.83. The molecule has 1 heterocycles. The van der Waals surface area contributed by atoms with Crippen molar-refractivity contribution >= 4 is 11.8 Å². The first-order valence-electron chi connectivity index (χ1n) is 7.02. The smallest absolute Gasteiger partial charge is 0.224 e. The highest BCUT2D eigenvalue weighted by atomic mass is 16.3. The Morgan fingerprint density at radius 3 is 2.58 bits per heavy atom. The van der Waals surface area contributed by atoms with Crippen LogP contribution in [0, 0.1) is 6.92 Å². The second kappa shape index (κ2) is 7.28. The van der Waals surface area contributed by atoms with Gasteiger partial charge in [-0.05, 0) is 26.7 Å². The van der Waals surface area contributed by atoms with E-state index in [1.165, 1.54) is 0 Å². The van der Waals surface area contributed by atoms with Gasteiger partial charge < -0.3 is 15.7 Å². The first kappa shape index (κ1) is 15.7. The fourth-order valence-electron chi connectivity index (χ4n) is 1.88. The molecule has 0 fully saturated rings. The maximum Gasteiger partial charge on any atom is 0.224 e. The molecule has 1 unspecified atom stereocenters. The lowest BCUT2D eigenvalue weighted by Gasteiger charge is -2.23. The molecular weight excluding hydrogens is 240 g/mol. The molecular formula is C14H26N4O. The number of hydrogen-bond acceptors (Lipinski definition) is 5. The van der Waals surface area contributed by atoms with E-state index in [0.717, 1.165) is 37.3 Å². The minimum absolute atomic E-state index is 0.491. The van der Waals surface area contributed by atoms with Crippen molar-refractivity contribution in [3.8, 4) is 0 Å². The van der Waals surface area contributed by atoms with Crippen LogP contribution in [-0.4, -0.2) is 33.8 Å². The summed E-state index contributed by atoms with van der Waals surface area (Å²) in [5.41, 5.74) is 0.205. The summed E-state index contributed by atoms with van der Waals surface area (Å²) in [5.74, 6) is 1.39. The van der Waals surface area contributed by atoms with Crippen molar-refractivity contribution in [3.05, 3.63) is 11.8 Å². The number of aliphatic hydroxyl groups is 1. The topological polar surface area (TPSA) is 70.1 Å². The zero-order chi connectivity index (χ0) is 14.3. The number of anilines is 2. The molecule has 0 bridgehead atoms. The van der Waals surface area contributed by atoms with E-state index in [1.807, 2.05) is 19.9 Å². The van der Waals surface area contributed by atoms with Crippen LogP contribution in [-0.2, 0) is 0 Å². The maximum atomic E-state index is 10.1. The van der Waals surface area contributed by atoms with E-state index in [4.69, 9.17) is 0 Å². The molecule has 1 rings (SSSR count). The van der Waals surface area contributed by atoms with Gasteiger partial charge in [0.15, 0.2) is 0 Å². The predicted molar refractivity (Wildman–Crippen MR) is 79.6 cm³/mol. The quantitative estimate of drug-likeness (QED) is 0.674. The van der Waals surface area contributed by atoms with Gasteiger partial charge in [-0.3, -0.25) is 0 Å². The Hall–Kier alpha value is -1.36. The lowest BCUT2D eigenvalue weighted by molar-refractivity contribution is 0.0636. The van der Waals surface area contributed by atoms with Crippen LogP contribution in [0.1, 0.15) is 45.7 Å². The Labute approximate surface area is 115 Å². The monoisotopic (exact) mass is 266 g/mol. The van der Waals surface area contributed by atoms with Crippen LogP contribution in [0.2, 0.25) is 0 Å². The van der Waals surface area contributed by atoms with Crippen molar-refractivity contribution in [2.75, 3.05) is 23.7 Å². The highest BCUT2D eigenvalue weighted by molar-refractivity contribution is 5.42. The van der Waals surface area contributed by atoms with Crippen LogP contribution >= 0.6 is 0 Å². The largest absolute Gasteiger partial charge is 0.388 e. The second-order valence-corrected chi connectivity index (χ2v) is 5.25. The van der Waals surface area contributed by atoms with E-state index in [0.29, 0.717) is 12.5 Å². The van der Waals surface area contributed by atoms with Crippen molar-refractivity contribution in [3.63, 3.8) is 0 Å². The van der Waals surface area contributed by atoms with Crippen LogP contribution < -0.4 is 10.6 Å². The number of nitrogens with zero attached hydrogens (tertiary/aromatic N) is 2. The molecule has 0 saturated carbocycles. The molecule has 0 saturated heterocycles. The Morgan fingerprint density at radius 2 is 1.95 bits per heavy atom. The van der Waals surface area contributed by atoms with Gasteiger partial charge in [0, 0.05) is 24.8 Å². The molecule has 1 atom stereocenters. The lowest BCUT2D eigenvalue weighted by Crippen LogP contribution is -2.33. The van der Waals surface area contributed by atoms with Gasteiger partial charge in [-0.15, -0.1) is 0 Å². The Kier molecular flexibility index (Phi) is 6.02. The minimum atomic E-state index is -0.704. The highest BCUT2D eigenvalue weighted by Gasteiger charge is 2.18. The van der Waals surface area contributed by atoms with E-state index >= 15 is 0 Å². The lowest BCUT2D eigenvalue weighted by atomic mass is 10.0. The molecule has 0 amide bonds. The normalized spacial score (nSPS) is 13.9. The van der Waals surface area contributed by atoms with E-state index in [1.54, 1.807) is 0 Å². The molecule has 0 aliphatic rings. The Bertz CT molecular complexity index is 393. The summed E-state index contributed by atoms with van der Waals surface area (Å²) in [6.45, 7) is 9.29. The van der Waals surface area contributed by atoms with Crippen LogP contribution in [0.5, 0.6) is 0 Å². The zero-order valence-corrected chi connectivity index (χ0v) is 12.5. The molecule has 0 aliphatic carbocycles. The molecule has 108 valence electrons. The van der Waals surface area contributed by atoms with Crippen LogP contribution in [0.4, 0.5) is 11.8 Å². The van der Waals surface area contributed by atoms with Crippen molar-refractivity contribution in [2.24, 2.45) is 0 Å². The van der Waals surface area contributed by atoms with Gasteiger partial charge in [0.1, 0.15) is 5.82 Å². The fourth-order valence-corrected chi connectivity index (χ4v) is 1.88. The fraction of sp³-hybridized carbons (Fsp3) is 0.714. The molecule has 0 aliphatic heterocycles. The molecule has 0 aromatic carbocycles. The molecule has 5 heteroatoms. The van der Waals surface area contributed by atoms with Crippen molar-refractivity contribution < 1.29 is 5.11 Å². The van der Waals surface area contributed by atoms with Crippen LogP contribution in [0.15, 0.2) is 6.07 Å². The average molecular weight is 266 g/mol. The molecule has 19 heavy (non-hydrogen) atoms. The Morgan fingerprint density at radius 1 is 1.21 bits per heavy atom. The molecule has 1 aromatic heterocycles. The SMILES string of the molecule is CCCNc1nc(C)cc(NCC(C)(O)CCC)n1. The molecule has 0 spiro atoms. The van der Waals surface area contributed by atoms with Gasteiger partial charge in [-0.25, -0.2) is 4.98 Å². The van der Waals surface area contributed by atoms with Crippen molar-refractivity contribution in [1.82, 2.24) is 9.97 Å². The van der Waals surface area contributed by atoms with E-state index < -0.39 is 5.60 Å². The average Bonchev–Trinajstić information content (AvgIpc) is 2.33. The summed E-state index contributed by atoms with van der Waals surface area (Å²) in [7, 11) is 0. The van der Waals surface area contributed by atoms with Gasteiger partial charge in [0.2, 0.25) is 5.95 Å². The number of aryl methyl sites for hydroxylation is 1. The summed E-state index contributed by atoms with van der Waals surface area (Å²) < 4.78 is 0. The van der Waals surface area contributed by atoms with E-state index in [2.05, 4.69) is 34.4 Å². The summed E-state index contributed by atoms with van der Waals surface area (Å²) in [4.78, 5) is 8.72. The third-order valence-electron chi connectivity index (χ3n) is 2.83. The highest BCUT2D eigenvalue weighted by Crippen LogP contribution is 2.15. The van der Waals surface area contributed by atoms with Gasteiger partial charge in [0.25, 0.3) is 0 Å². The molecule has 1 aromatic rings. The summed E-state index contributed by atoms with van der Waals surface area (Å²) in [6, 6.07) is 1.89. The summed E-state index contributed by atoms with van der Waals surface area (Å²) in [6.07, 6.45) is 2.76. The first-order chi connectivity index (χ1) is 8.96. The van der Waals surface area contributed by atoms with Gasteiger partial charge in [-0.2, -0.15) is 4.98 Å². The predicted octanol–water partition coefficient (Wildman–Crippen LogP) is 2.57. The number of rotatable bonds is 8. The van der Waals surface area contributed by atoms with E-state index in [-0.39, 0.29) is 0 Å². The number of nitrogens with one attached hydrogen (secondary N) is 2. The molecule has 5 nitrogen and oxygen atoms in total. The van der Waals surface area contributed by atoms with Gasteiger partial charge in [-0.1, -0.05) is 20.3 Å². The number of hydrogen-bond donors (Lipinski definition) is 3. The zero-order valence-electron chi connectivity index (χ0n) is 12.5. The Balaban J connectivity index is 2.65. The molecule has 3 N–H and O–H groups in total. The van der Waals surface area contributed by atoms with Gasteiger partial charge >= 0.3 is 0 Å². The molecule has 0 radical (unpaired) electrons. The van der Waals surface area contributed by atoms with Crippen molar-refractivity contribution in [2.45, 2.75) is 52.6 Å². The summed E-state index contributed by atoms with van der Waals surface area (Å²) >= 11 is 0. The van der Waals surface area contributed by atoms with E-state index in [9.17, 15) is 5.11 Å². The van der Waals surface area contributed by atoms with Crippen LogP contribution in [0.25, 0.3) is 0 Å². The second-order valence-electron chi connectivity index (χ2n) is 5.25. The third kappa shape index (κ3) is 5.87. The van der Waals surface area contributed by atoms with Crippen LogP contribution in [0.3, 0.4) is 0 Å². The standard InChI is InChI=1S/C14H26N4O/c1-5-7-14(4,19)10-16-12-9-11(3)17-13(18-12)15-8-6-2/h9,19H,5-8,10H2,1-4H3,(H2,15,16,17,18). The first-order valence-corrected chi connectivity index (χ1v) is 7.02.